The predicted octanol–water partition coefficient (Wildman–Crippen LogP) is 1.91. The minimum Gasteiger partial charge on any atom is -0.465 e. The molecule has 0 unspecified atom stereocenters. The lowest BCUT2D eigenvalue weighted by Gasteiger charge is -2.13. The third-order valence-electron chi connectivity index (χ3n) is 3.40. The number of carbonyl (C=O) groups excluding carboxylic acids is 2. The molecule has 0 atom stereocenters. The van der Waals surface area contributed by atoms with E-state index in [1.54, 1.807) is 30.5 Å². The molecule has 114 valence electrons. The van der Waals surface area contributed by atoms with Gasteiger partial charge in [-0.3, -0.25) is 4.79 Å². The van der Waals surface area contributed by atoms with Crippen molar-refractivity contribution >= 4 is 17.6 Å². The topological polar surface area (TPSA) is 82.4 Å². The van der Waals surface area contributed by atoms with Crippen LogP contribution in [0.5, 0.6) is 0 Å². The Morgan fingerprint density at radius 3 is 2.64 bits per heavy atom. The fourth-order valence-corrected chi connectivity index (χ4v) is 2.26. The van der Waals surface area contributed by atoms with Crippen LogP contribution < -0.4 is 5.32 Å². The summed E-state index contributed by atoms with van der Waals surface area (Å²) >= 11 is 0. The van der Waals surface area contributed by atoms with Gasteiger partial charge in [0.1, 0.15) is 11.6 Å². The first-order valence-corrected chi connectivity index (χ1v) is 7.00. The number of nitrogens with one attached hydrogen (secondary N) is 1. The number of rotatable bonds is 4. The maximum atomic E-state index is 12.2. The third-order valence-corrected chi connectivity index (χ3v) is 3.40. The van der Waals surface area contributed by atoms with Gasteiger partial charge in [-0.1, -0.05) is 12.1 Å². The van der Waals surface area contributed by atoms with Crippen LogP contribution in [-0.2, 0) is 9.53 Å². The molecule has 1 N–H and O–H groups in total. The summed E-state index contributed by atoms with van der Waals surface area (Å²) in [5.74, 6) is -1.08. The number of ether oxygens (including phenoxy) is 1. The van der Waals surface area contributed by atoms with Gasteiger partial charge < -0.3 is 15.0 Å². The van der Waals surface area contributed by atoms with E-state index in [0.29, 0.717) is 5.69 Å². The number of para-hydroxylation sites is 1. The molecule has 0 spiro atoms. The minimum atomic E-state index is -0.544. The van der Waals surface area contributed by atoms with Crippen molar-refractivity contribution in [3.63, 3.8) is 0 Å². The second-order valence-corrected chi connectivity index (χ2v) is 4.89. The summed E-state index contributed by atoms with van der Waals surface area (Å²) in [5.41, 5.74) is 0.584. The highest BCUT2D eigenvalue weighted by Gasteiger charge is 2.17. The highest BCUT2D eigenvalue weighted by Crippen LogP contribution is 2.17. The van der Waals surface area contributed by atoms with E-state index in [1.807, 2.05) is 11.0 Å². The maximum absolute atomic E-state index is 12.2. The largest absolute Gasteiger partial charge is 0.465 e. The molecule has 1 amide bonds. The van der Waals surface area contributed by atoms with Crippen molar-refractivity contribution < 1.29 is 14.3 Å². The van der Waals surface area contributed by atoms with Crippen molar-refractivity contribution in [1.82, 2.24) is 4.90 Å². The molecular weight excluding hydrogens is 282 g/mol. The van der Waals surface area contributed by atoms with E-state index >= 15 is 0 Å². The van der Waals surface area contributed by atoms with Gasteiger partial charge in [0.25, 0.3) is 5.91 Å². The molecule has 2 rings (SSSR count). The Hall–Kier alpha value is -2.81. The molecule has 0 aromatic heterocycles. The molecule has 6 nitrogen and oxygen atoms in total. The van der Waals surface area contributed by atoms with Gasteiger partial charge in [0.05, 0.1) is 18.4 Å². The van der Waals surface area contributed by atoms with E-state index in [4.69, 9.17) is 5.26 Å². The maximum Gasteiger partial charge on any atom is 0.339 e. The molecule has 1 aromatic rings. The second-order valence-electron chi connectivity index (χ2n) is 4.89. The van der Waals surface area contributed by atoms with Gasteiger partial charge in [0, 0.05) is 19.3 Å². The number of nitriles is 1. The molecular formula is C16H17N3O3. The summed E-state index contributed by atoms with van der Waals surface area (Å²) in [7, 11) is 1.27. The molecule has 1 heterocycles. The fourth-order valence-electron chi connectivity index (χ4n) is 2.26. The van der Waals surface area contributed by atoms with Crippen LogP contribution >= 0.6 is 0 Å². The van der Waals surface area contributed by atoms with E-state index < -0.39 is 11.9 Å². The molecule has 1 aliphatic heterocycles. The molecule has 0 saturated carbocycles. The fraction of sp³-hybridized carbons (Fsp3) is 0.312. The van der Waals surface area contributed by atoms with Gasteiger partial charge in [-0.2, -0.15) is 5.26 Å². The van der Waals surface area contributed by atoms with E-state index in [2.05, 4.69) is 10.1 Å². The first-order chi connectivity index (χ1) is 10.7. The average Bonchev–Trinajstić information content (AvgIpc) is 3.05. The summed E-state index contributed by atoms with van der Waals surface area (Å²) in [4.78, 5) is 25.8. The first-order valence-electron chi connectivity index (χ1n) is 7.00. The molecule has 0 bridgehead atoms. The SMILES string of the molecule is COC(=O)c1ccccc1NC(=O)/C(C#N)=C\N1CCCC1. The molecule has 0 radical (unpaired) electrons. The minimum absolute atomic E-state index is 0.0153. The smallest absolute Gasteiger partial charge is 0.339 e. The van der Waals surface area contributed by atoms with E-state index in [0.717, 1.165) is 25.9 Å². The first kappa shape index (κ1) is 15.6. The number of hydrogen-bond acceptors (Lipinski definition) is 5. The highest BCUT2D eigenvalue weighted by atomic mass is 16.5. The van der Waals surface area contributed by atoms with Gasteiger partial charge in [0.15, 0.2) is 0 Å². The predicted molar refractivity (Wildman–Crippen MR) is 80.9 cm³/mol. The van der Waals surface area contributed by atoms with Gasteiger partial charge in [0.2, 0.25) is 0 Å². The Labute approximate surface area is 129 Å². The van der Waals surface area contributed by atoms with Crippen molar-refractivity contribution in [3.05, 3.63) is 41.6 Å². The third kappa shape index (κ3) is 3.64. The second kappa shape index (κ2) is 7.27. The van der Waals surface area contributed by atoms with Crippen LogP contribution in [0.25, 0.3) is 0 Å². The number of anilines is 1. The van der Waals surface area contributed by atoms with Crippen molar-refractivity contribution in [2.45, 2.75) is 12.8 Å². The normalized spacial score (nSPS) is 14.4. The van der Waals surface area contributed by atoms with Gasteiger partial charge in [-0.25, -0.2) is 4.79 Å². The molecule has 1 fully saturated rings. The number of benzene rings is 1. The summed E-state index contributed by atoms with van der Waals surface area (Å²) in [6.45, 7) is 1.69. The van der Waals surface area contributed by atoms with E-state index in [-0.39, 0.29) is 11.1 Å². The van der Waals surface area contributed by atoms with Gasteiger partial charge >= 0.3 is 5.97 Å². The van der Waals surface area contributed by atoms with Crippen LogP contribution in [0, 0.1) is 11.3 Å². The average molecular weight is 299 g/mol. The summed E-state index contributed by atoms with van der Waals surface area (Å²) in [6.07, 6.45) is 3.69. The van der Waals surface area contributed by atoms with Crippen LogP contribution in [0.15, 0.2) is 36.0 Å². The summed E-state index contributed by atoms with van der Waals surface area (Å²) in [6, 6.07) is 8.41. The van der Waals surface area contributed by atoms with Gasteiger partial charge in [-0.05, 0) is 25.0 Å². The van der Waals surface area contributed by atoms with Crippen LogP contribution in [0.3, 0.4) is 0 Å². The lowest BCUT2D eigenvalue weighted by Crippen LogP contribution is -2.20. The van der Waals surface area contributed by atoms with Crippen molar-refractivity contribution in [3.8, 4) is 6.07 Å². The Balaban J connectivity index is 2.17. The van der Waals surface area contributed by atoms with Crippen molar-refractivity contribution in [2.75, 3.05) is 25.5 Å². The number of hydrogen-bond donors (Lipinski definition) is 1. The number of likely N-dealkylation sites (tertiary alicyclic amines) is 1. The number of methoxy groups -OCH3 is 1. The number of esters is 1. The summed E-state index contributed by atoms with van der Waals surface area (Å²) < 4.78 is 4.67. The standard InChI is InChI=1S/C16H17N3O3/c1-22-16(21)13-6-2-3-7-14(13)18-15(20)12(10-17)11-19-8-4-5-9-19/h2-3,6-7,11H,4-5,8-9H2,1H3,(H,18,20)/b12-11-. The van der Waals surface area contributed by atoms with Crippen LogP contribution in [0.4, 0.5) is 5.69 Å². The Bertz CT molecular complexity index is 640. The molecule has 1 saturated heterocycles. The summed E-state index contributed by atoms with van der Waals surface area (Å²) in [5, 5.41) is 11.8. The monoisotopic (exact) mass is 299 g/mol. The zero-order chi connectivity index (χ0) is 15.9. The molecule has 1 aromatic carbocycles. The Morgan fingerprint density at radius 2 is 2.00 bits per heavy atom. The Morgan fingerprint density at radius 1 is 1.32 bits per heavy atom. The number of carbonyl (C=O) groups is 2. The molecule has 1 aliphatic rings. The van der Waals surface area contributed by atoms with E-state index in [9.17, 15) is 9.59 Å². The highest BCUT2D eigenvalue weighted by molar-refractivity contribution is 6.09. The van der Waals surface area contributed by atoms with Crippen molar-refractivity contribution in [1.29, 1.82) is 5.26 Å². The zero-order valence-electron chi connectivity index (χ0n) is 12.3. The quantitative estimate of drug-likeness (QED) is 0.522. The lowest BCUT2D eigenvalue weighted by molar-refractivity contribution is -0.112. The molecule has 6 heteroatoms. The number of nitrogens with zero attached hydrogens (tertiary/aromatic N) is 2. The van der Waals surface area contributed by atoms with E-state index in [1.165, 1.54) is 7.11 Å². The molecule has 22 heavy (non-hydrogen) atoms. The van der Waals surface area contributed by atoms with Gasteiger partial charge in [-0.15, -0.1) is 0 Å². The molecule has 0 aliphatic carbocycles. The number of amides is 1. The zero-order valence-corrected chi connectivity index (χ0v) is 12.3. The van der Waals surface area contributed by atoms with Crippen LogP contribution in [0.1, 0.15) is 23.2 Å². The van der Waals surface area contributed by atoms with Crippen LogP contribution in [0.2, 0.25) is 0 Å². The van der Waals surface area contributed by atoms with Crippen LogP contribution in [-0.4, -0.2) is 37.0 Å². The lowest BCUT2D eigenvalue weighted by atomic mass is 10.1. The van der Waals surface area contributed by atoms with Crippen molar-refractivity contribution in [2.24, 2.45) is 0 Å². The Kier molecular flexibility index (Phi) is 5.15.